The molecule has 13 heteroatoms. The lowest BCUT2D eigenvalue weighted by Gasteiger charge is -2.12. The summed E-state index contributed by atoms with van der Waals surface area (Å²) < 4.78 is 73.4. The first kappa shape index (κ1) is 29.5. The highest BCUT2D eigenvalue weighted by atomic mass is 35.5. The van der Waals surface area contributed by atoms with Gasteiger partial charge in [0.2, 0.25) is 0 Å². The average molecular weight is 619 g/mol. The Bertz CT molecular complexity index is 1730. The molecule has 5 aromatic rings. The first-order valence-electron chi connectivity index (χ1n) is 12.6. The Kier molecular flexibility index (Phi) is 9.05. The lowest BCUT2D eigenvalue weighted by atomic mass is 10.1. The second kappa shape index (κ2) is 12.9. The SMILES string of the molecule is O=S(CCNCc1ccc(-c2ccc3ncnc(Nc4ccc(OCc5cccc(F)c5)c(Cl)c4)c3c2)o1)C(F)(F)F. The Morgan fingerprint density at radius 3 is 2.64 bits per heavy atom. The highest BCUT2D eigenvalue weighted by Crippen LogP contribution is 2.33. The van der Waals surface area contributed by atoms with E-state index in [1.165, 1.54) is 18.5 Å². The third-order valence-electron chi connectivity index (χ3n) is 6.08. The highest BCUT2D eigenvalue weighted by molar-refractivity contribution is 7.85. The molecule has 0 spiro atoms. The number of nitrogens with zero attached hydrogens (tertiary/aromatic N) is 2. The van der Waals surface area contributed by atoms with Crippen LogP contribution in [0.5, 0.6) is 5.75 Å². The number of alkyl halides is 3. The summed E-state index contributed by atoms with van der Waals surface area (Å²) in [7, 11) is -2.90. The molecule has 1 unspecified atom stereocenters. The molecule has 2 aromatic heterocycles. The number of halogens is 5. The van der Waals surface area contributed by atoms with E-state index in [9.17, 15) is 21.8 Å². The lowest BCUT2D eigenvalue weighted by Crippen LogP contribution is -2.26. The van der Waals surface area contributed by atoms with Gasteiger partial charge in [-0.25, -0.2) is 14.4 Å². The second-order valence-corrected chi connectivity index (χ2v) is 11.1. The number of anilines is 2. The zero-order valence-electron chi connectivity index (χ0n) is 21.8. The number of fused-ring (bicyclic) bond motifs is 1. The Labute approximate surface area is 245 Å². The van der Waals surface area contributed by atoms with Gasteiger partial charge in [0.25, 0.3) is 0 Å². The first-order chi connectivity index (χ1) is 20.2. The van der Waals surface area contributed by atoms with E-state index in [1.54, 1.807) is 42.5 Å². The molecule has 0 fully saturated rings. The van der Waals surface area contributed by atoms with Crippen LogP contribution in [0, 0.1) is 5.82 Å². The maximum atomic E-state index is 13.4. The third kappa shape index (κ3) is 7.44. The van der Waals surface area contributed by atoms with Gasteiger partial charge in [0.05, 0.1) is 17.1 Å². The van der Waals surface area contributed by atoms with Crippen molar-refractivity contribution in [3.63, 3.8) is 0 Å². The van der Waals surface area contributed by atoms with Crippen LogP contribution in [0.1, 0.15) is 11.3 Å². The zero-order valence-corrected chi connectivity index (χ0v) is 23.3. The van der Waals surface area contributed by atoms with E-state index in [1.807, 2.05) is 18.2 Å². The van der Waals surface area contributed by atoms with Crippen LogP contribution in [0.25, 0.3) is 22.2 Å². The van der Waals surface area contributed by atoms with E-state index in [-0.39, 0.29) is 25.5 Å². The predicted molar refractivity (Wildman–Crippen MR) is 153 cm³/mol. The minimum atomic E-state index is -4.72. The summed E-state index contributed by atoms with van der Waals surface area (Å²) >= 11 is 6.45. The van der Waals surface area contributed by atoms with Gasteiger partial charge in [0, 0.05) is 28.9 Å². The quantitative estimate of drug-likeness (QED) is 0.118. The molecule has 5 rings (SSSR count). The maximum absolute atomic E-state index is 13.4. The smallest absolute Gasteiger partial charge is 0.471 e. The van der Waals surface area contributed by atoms with Crippen molar-refractivity contribution in [3.8, 4) is 17.1 Å². The van der Waals surface area contributed by atoms with E-state index < -0.39 is 22.1 Å². The van der Waals surface area contributed by atoms with Crippen LogP contribution < -0.4 is 15.4 Å². The van der Waals surface area contributed by atoms with Crippen LogP contribution in [0.4, 0.5) is 29.1 Å². The van der Waals surface area contributed by atoms with Gasteiger partial charge in [0.15, 0.2) is 0 Å². The molecule has 0 amide bonds. The maximum Gasteiger partial charge on any atom is 0.471 e. The second-order valence-electron chi connectivity index (χ2n) is 9.08. The normalized spacial score (nSPS) is 12.4. The van der Waals surface area contributed by atoms with Crippen molar-refractivity contribution in [2.75, 3.05) is 17.6 Å². The Balaban J connectivity index is 1.26. The highest BCUT2D eigenvalue weighted by Gasteiger charge is 2.35. The van der Waals surface area contributed by atoms with Gasteiger partial charge >= 0.3 is 5.51 Å². The van der Waals surface area contributed by atoms with Gasteiger partial charge in [-0.3, -0.25) is 4.21 Å². The minimum absolute atomic E-state index is 0.0748. The predicted octanol–water partition coefficient (Wildman–Crippen LogP) is 7.36. The summed E-state index contributed by atoms with van der Waals surface area (Å²) in [6, 6.07) is 20.3. The summed E-state index contributed by atoms with van der Waals surface area (Å²) in [6.07, 6.45) is 1.44. The molecular formula is C29H23ClF4N4O3S. The fourth-order valence-electron chi connectivity index (χ4n) is 4.05. The number of benzene rings is 3. The Morgan fingerprint density at radius 1 is 1.00 bits per heavy atom. The summed E-state index contributed by atoms with van der Waals surface area (Å²) in [5.74, 6) is 1.15. The number of aromatic nitrogens is 2. The summed E-state index contributed by atoms with van der Waals surface area (Å²) in [5.41, 5.74) is -1.97. The number of hydrogen-bond donors (Lipinski definition) is 2. The van der Waals surface area contributed by atoms with Crippen molar-refractivity contribution in [2.45, 2.75) is 18.7 Å². The number of ether oxygens (including phenoxy) is 1. The van der Waals surface area contributed by atoms with Crippen molar-refractivity contribution in [3.05, 3.63) is 101 Å². The van der Waals surface area contributed by atoms with E-state index in [4.69, 9.17) is 20.8 Å². The van der Waals surface area contributed by atoms with Crippen molar-refractivity contribution >= 4 is 44.8 Å². The molecule has 0 saturated carbocycles. The summed E-state index contributed by atoms with van der Waals surface area (Å²) in [4.78, 5) is 8.71. The average Bonchev–Trinajstić information content (AvgIpc) is 3.43. The molecule has 218 valence electrons. The summed E-state index contributed by atoms with van der Waals surface area (Å²) in [5, 5.41) is 7.13. The molecule has 0 saturated heterocycles. The zero-order chi connectivity index (χ0) is 29.7. The fraction of sp³-hybridized carbons (Fsp3) is 0.172. The fourth-order valence-corrected chi connectivity index (χ4v) is 4.85. The molecule has 1 atom stereocenters. The lowest BCUT2D eigenvalue weighted by molar-refractivity contribution is -0.0384. The van der Waals surface area contributed by atoms with Gasteiger partial charge in [-0.05, 0) is 66.2 Å². The number of nitrogens with one attached hydrogen (secondary N) is 2. The molecule has 0 radical (unpaired) electrons. The third-order valence-corrected chi connectivity index (χ3v) is 7.47. The van der Waals surface area contributed by atoms with Crippen LogP contribution >= 0.6 is 11.6 Å². The van der Waals surface area contributed by atoms with Crippen LogP contribution in [0.15, 0.2) is 83.5 Å². The van der Waals surface area contributed by atoms with Gasteiger partial charge in [-0.1, -0.05) is 23.7 Å². The monoisotopic (exact) mass is 618 g/mol. The Hall–Kier alpha value is -4.00. The molecule has 42 heavy (non-hydrogen) atoms. The Morgan fingerprint density at radius 2 is 1.86 bits per heavy atom. The van der Waals surface area contributed by atoms with Crippen LogP contribution in [-0.4, -0.2) is 32.0 Å². The molecule has 0 aliphatic rings. The molecule has 2 N–H and O–H groups in total. The van der Waals surface area contributed by atoms with Gasteiger partial charge < -0.3 is 19.8 Å². The van der Waals surface area contributed by atoms with Gasteiger partial charge in [0.1, 0.15) is 52.6 Å². The molecule has 0 aliphatic heterocycles. The topological polar surface area (TPSA) is 89.3 Å². The van der Waals surface area contributed by atoms with Crippen molar-refractivity contribution in [1.29, 1.82) is 0 Å². The molecular weight excluding hydrogens is 596 g/mol. The summed E-state index contributed by atoms with van der Waals surface area (Å²) in [6.45, 7) is 0.267. The molecule has 3 aromatic carbocycles. The number of rotatable bonds is 11. The molecule has 0 bridgehead atoms. The number of furan rings is 1. The first-order valence-corrected chi connectivity index (χ1v) is 14.3. The van der Waals surface area contributed by atoms with Crippen molar-refractivity contribution in [2.24, 2.45) is 0 Å². The largest absolute Gasteiger partial charge is 0.487 e. The van der Waals surface area contributed by atoms with E-state index in [0.717, 1.165) is 5.56 Å². The van der Waals surface area contributed by atoms with Crippen LogP contribution in [0.2, 0.25) is 5.02 Å². The van der Waals surface area contributed by atoms with E-state index in [0.29, 0.717) is 50.3 Å². The van der Waals surface area contributed by atoms with Crippen LogP contribution in [-0.2, 0) is 24.0 Å². The standard InChI is InChI=1S/C29H23ClF4N4O3S/c30-24-14-21(5-8-27(24)40-16-18-2-1-3-20(31)12-18)38-28-23-13-19(4-7-25(23)36-17-37-28)26-9-6-22(41-26)15-35-10-11-42(39)29(32,33)34/h1-9,12-14,17,35H,10-11,15-16H2,(H,36,37,38). The van der Waals surface area contributed by atoms with E-state index >= 15 is 0 Å². The van der Waals surface area contributed by atoms with E-state index in [2.05, 4.69) is 20.6 Å². The minimum Gasteiger partial charge on any atom is -0.487 e. The van der Waals surface area contributed by atoms with Crippen molar-refractivity contribution in [1.82, 2.24) is 15.3 Å². The molecule has 7 nitrogen and oxygen atoms in total. The van der Waals surface area contributed by atoms with Gasteiger partial charge in [-0.15, -0.1) is 0 Å². The molecule has 0 aliphatic carbocycles. The van der Waals surface area contributed by atoms with Gasteiger partial charge in [-0.2, -0.15) is 13.2 Å². The molecule has 2 heterocycles. The number of hydrogen-bond acceptors (Lipinski definition) is 7. The van der Waals surface area contributed by atoms with Crippen molar-refractivity contribution < 1.29 is 30.9 Å². The van der Waals surface area contributed by atoms with Crippen LogP contribution in [0.3, 0.4) is 0 Å².